The summed E-state index contributed by atoms with van der Waals surface area (Å²) in [6.07, 6.45) is 0. The van der Waals surface area contributed by atoms with Crippen molar-refractivity contribution in [3.63, 3.8) is 0 Å². The van der Waals surface area contributed by atoms with Crippen molar-refractivity contribution in [1.82, 2.24) is 4.90 Å². The number of hydrogen-bond donors (Lipinski definition) is 1. The normalized spacial score (nSPS) is 21.2. The van der Waals surface area contributed by atoms with Crippen LogP contribution in [0.3, 0.4) is 0 Å². The molecule has 0 aliphatic carbocycles. The predicted molar refractivity (Wildman–Crippen MR) is 74.0 cm³/mol. The monoisotopic (exact) mass is 256 g/mol. The fourth-order valence-corrected chi connectivity index (χ4v) is 4.20. The first-order valence-electron chi connectivity index (χ1n) is 5.73. The molecule has 0 unspecified atom stereocenters. The van der Waals surface area contributed by atoms with Crippen LogP contribution in [0.2, 0.25) is 0 Å². The summed E-state index contributed by atoms with van der Waals surface area (Å²) in [5.41, 5.74) is 5.63. The van der Waals surface area contributed by atoms with Crippen LogP contribution in [0.5, 0.6) is 0 Å². The molecule has 2 N–H and O–H groups in total. The van der Waals surface area contributed by atoms with E-state index in [9.17, 15) is 0 Å². The van der Waals surface area contributed by atoms with Crippen molar-refractivity contribution in [1.29, 1.82) is 0 Å². The standard InChI is InChI=1S/C12H20N2S2/c1-12(2)9-14(5-6-15-12)8-11-4-3-10(7-13)16-11/h3-4H,5-9,13H2,1-2H3. The summed E-state index contributed by atoms with van der Waals surface area (Å²) in [4.78, 5) is 5.30. The summed E-state index contributed by atoms with van der Waals surface area (Å²) in [6.45, 7) is 8.84. The molecule has 0 aromatic carbocycles. The Kier molecular flexibility index (Phi) is 3.95. The zero-order valence-corrected chi connectivity index (χ0v) is 11.7. The summed E-state index contributed by atoms with van der Waals surface area (Å²) in [5, 5.41) is 0. The second kappa shape index (κ2) is 5.08. The minimum Gasteiger partial charge on any atom is -0.326 e. The molecule has 1 aliphatic rings. The highest BCUT2D eigenvalue weighted by atomic mass is 32.2. The van der Waals surface area contributed by atoms with Gasteiger partial charge in [0.15, 0.2) is 0 Å². The van der Waals surface area contributed by atoms with Crippen molar-refractivity contribution in [2.45, 2.75) is 31.7 Å². The first-order chi connectivity index (χ1) is 7.59. The van der Waals surface area contributed by atoms with E-state index in [0.717, 1.165) is 6.54 Å². The van der Waals surface area contributed by atoms with Crippen LogP contribution in [0, 0.1) is 0 Å². The van der Waals surface area contributed by atoms with Crippen molar-refractivity contribution in [3.05, 3.63) is 21.9 Å². The van der Waals surface area contributed by atoms with Gasteiger partial charge in [-0.2, -0.15) is 11.8 Å². The minimum atomic E-state index is 0.409. The molecule has 2 rings (SSSR count). The number of nitrogens with two attached hydrogens (primary N) is 1. The largest absolute Gasteiger partial charge is 0.326 e. The molecule has 1 aliphatic heterocycles. The van der Waals surface area contributed by atoms with E-state index in [1.54, 1.807) is 0 Å². The van der Waals surface area contributed by atoms with Crippen LogP contribution < -0.4 is 5.73 Å². The van der Waals surface area contributed by atoms with Crippen LogP contribution in [0.15, 0.2) is 12.1 Å². The van der Waals surface area contributed by atoms with Crippen molar-refractivity contribution in [3.8, 4) is 0 Å². The third-order valence-electron chi connectivity index (χ3n) is 2.80. The van der Waals surface area contributed by atoms with Gasteiger partial charge in [0.2, 0.25) is 0 Å². The Balaban J connectivity index is 1.94. The van der Waals surface area contributed by atoms with Gasteiger partial charge in [0.1, 0.15) is 0 Å². The predicted octanol–water partition coefficient (Wildman–Crippen LogP) is 2.53. The number of nitrogens with zero attached hydrogens (tertiary/aromatic N) is 1. The Morgan fingerprint density at radius 2 is 2.12 bits per heavy atom. The summed E-state index contributed by atoms with van der Waals surface area (Å²) < 4.78 is 0.409. The smallest absolute Gasteiger partial charge is 0.0328 e. The minimum absolute atomic E-state index is 0.409. The molecule has 90 valence electrons. The maximum absolute atomic E-state index is 5.63. The lowest BCUT2D eigenvalue weighted by atomic mass is 10.2. The summed E-state index contributed by atoms with van der Waals surface area (Å²) in [7, 11) is 0. The van der Waals surface area contributed by atoms with E-state index >= 15 is 0 Å². The van der Waals surface area contributed by atoms with E-state index < -0.39 is 0 Å². The molecule has 1 aromatic heterocycles. The summed E-state index contributed by atoms with van der Waals surface area (Å²) >= 11 is 3.94. The number of thiophene rings is 1. The molecule has 0 amide bonds. The lowest BCUT2D eigenvalue weighted by molar-refractivity contribution is 0.254. The Bertz CT molecular complexity index is 347. The van der Waals surface area contributed by atoms with E-state index in [1.807, 2.05) is 11.3 Å². The first-order valence-corrected chi connectivity index (χ1v) is 7.53. The van der Waals surface area contributed by atoms with Crippen LogP contribution in [0.4, 0.5) is 0 Å². The highest BCUT2D eigenvalue weighted by Crippen LogP contribution is 2.30. The topological polar surface area (TPSA) is 29.3 Å². The van der Waals surface area contributed by atoms with Crippen LogP contribution in [-0.2, 0) is 13.1 Å². The molecular formula is C12H20N2S2. The van der Waals surface area contributed by atoms with Gasteiger partial charge in [0.25, 0.3) is 0 Å². The van der Waals surface area contributed by atoms with Gasteiger partial charge in [0.05, 0.1) is 0 Å². The van der Waals surface area contributed by atoms with Crippen molar-refractivity contribution < 1.29 is 0 Å². The fraction of sp³-hybridized carbons (Fsp3) is 0.667. The zero-order chi connectivity index (χ0) is 11.6. The lowest BCUT2D eigenvalue weighted by Gasteiger charge is -2.37. The molecule has 16 heavy (non-hydrogen) atoms. The van der Waals surface area contributed by atoms with Gasteiger partial charge in [0, 0.05) is 46.4 Å². The van der Waals surface area contributed by atoms with E-state index in [1.165, 1.54) is 28.6 Å². The third kappa shape index (κ3) is 3.23. The van der Waals surface area contributed by atoms with Crippen molar-refractivity contribution in [2.24, 2.45) is 5.73 Å². The maximum Gasteiger partial charge on any atom is 0.0328 e. The van der Waals surface area contributed by atoms with Gasteiger partial charge >= 0.3 is 0 Å². The van der Waals surface area contributed by atoms with E-state index in [4.69, 9.17) is 5.73 Å². The van der Waals surface area contributed by atoms with Gasteiger partial charge in [-0.25, -0.2) is 0 Å². The average molecular weight is 256 g/mol. The van der Waals surface area contributed by atoms with Gasteiger partial charge in [-0.3, -0.25) is 4.90 Å². The molecule has 0 radical (unpaired) electrons. The zero-order valence-electron chi connectivity index (χ0n) is 10.0. The molecule has 0 saturated carbocycles. The van der Waals surface area contributed by atoms with Crippen LogP contribution in [0.25, 0.3) is 0 Å². The second-order valence-electron chi connectivity index (χ2n) is 4.89. The summed E-state index contributed by atoms with van der Waals surface area (Å²) in [5.74, 6) is 1.25. The molecule has 0 atom stereocenters. The molecule has 2 nitrogen and oxygen atoms in total. The van der Waals surface area contributed by atoms with Crippen LogP contribution in [-0.4, -0.2) is 28.5 Å². The highest BCUT2D eigenvalue weighted by Gasteiger charge is 2.26. The molecule has 0 bridgehead atoms. The third-order valence-corrected chi connectivity index (χ3v) is 5.19. The number of hydrogen-bond acceptors (Lipinski definition) is 4. The lowest BCUT2D eigenvalue weighted by Crippen LogP contribution is -2.42. The van der Waals surface area contributed by atoms with E-state index in [-0.39, 0.29) is 0 Å². The van der Waals surface area contributed by atoms with E-state index in [2.05, 4.69) is 42.6 Å². The average Bonchev–Trinajstić information content (AvgIpc) is 2.64. The quantitative estimate of drug-likeness (QED) is 0.901. The van der Waals surface area contributed by atoms with Crippen molar-refractivity contribution >= 4 is 23.1 Å². The highest BCUT2D eigenvalue weighted by molar-refractivity contribution is 8.00. The molecular weight excluding hydrogens is 236 g/mol. The van der Waals surface area contributed by atoms with Gasteiger partial charge < -0.3 is 5.73 Å². The first kappa shape index (κ1) is 12.4. The molecule has 1 fully saturated rings. The maximum atomic E-state index is 5.63. The van der Waals surface area contributed by atoms with Crippen LogP contribution in [0.1, 0.15) is 23.6 Å². The fourth-order valence-electron chi connectivity index (χ4n) is 2.09. The van der Waals surface area contributed by atoms with Crippen LogP contribution >= 0.6 is 23.1 Å². The van der Waals surface area contributed by atoms with Gasteiger partial charge in [-0.15, -0.1) is 11.3 Å². The molecule has 4 heteroatoms. The Morgan fingerprint density at radius 1 is 1.38 bits per heavy atom. The molecule has 0 spiro atoms. The number of rotatable bonds is 3. The molecule has 1 aromatic rings. The summed E-state index contributed by atoms with van der Waals surface area (Å²) in [6, 6.07) is 4.38. The Hall–Kier alpha value is -0.0300. The molecule has 1 saturated heterocycles. The van der Waals surface area contributed by atoms with Gasteiger partial charge in [-0.05, 0) is 26.0 Å². The van der Waals surface area contributed by atoms with Gasteiger partial charge in [-0.1, -0.05) is 0 Å². The number of thioether (sulfide) groups is 1. The Labute approximate surface area is 106 Å². The van der Waals surface area contributed by atoms with Crippen molar-refractivity contribution in [2.75, 3.05) is 18.8 Å². The Morgan fingerprint density at radius 3 is 2.75 bits per heavy atom. The SMILES string of the molecule is CC1(C)CN(Cc2ccc(CN)s2)CCS1. The van der Waals surface area contributed by atoms with E-state index in [0.29, 0.717) is 11.3 Å². The second-order valence-corrected chi connectivity index (χ2v) is 7.95. The molecule has 2 heterocycles.